The second-order valence-corrected chi connectivity index (χ2v) is 6.18. The van der Waals surface area contributed by atoms with Gasteiger partial charge in [-0.2, -0.15) is 0 Å². The number of hydrogen-bond acceptors (Lipinski definition) is 2. The minimum Gasteiger partial charge on any atom is -0.283 e. The van der Waals surface area contributed by atoms with Crippen LogP contribution in [0.25, 0.3) is 0 Å². The van der Waals surface area contributed by atoms with Gasteiger partial charge in [-0.1, -0.05) is 12.1 Å². The van der Waals surface area contributed by atoms with Gasteiger partial charge >= 0.3 is 0 Å². The van der Waals surface area contributed by atoms with Crippen LogP contribution in [0, 0.1) is 13.8 Å². The molecule has 1 aromatic carbocycles. The summed E-state index contributed by atoms with van der Waals surface area (Å²) < 4.78 is 25.9. The standard InChI is InChI=1S/C11H17NO2S/c1-8(2)15(13,14)12-11-7-5-6-9(3)10(11)4/h5-8,12H,1-4H3. The molecule has 0 unspecified atom stereocenters. The van der Waals surface area contributed by atoms with Crippen molar-refractivity contribution in [3.05, 3.63) is 29.3 Å². The topological polar surface area (TPSA) is 46.2 Å². The quantitative estimate of drug-likeness (QED) is 0.862. The first-order valence-corrected chi connectivity index (χ1v) is 6.47. The van der Waals surface area contributed by atoms with Crippen LogP contribution in [0.5, 0.6) is 0 Å². The van der Waals surface area contributed by atoms with Gasteiger partial charge in [-0.15, -0.1) is 0 Å². The van der Waals surface area contributed by atoms with E-state index in [0.717, 1.165) is 11.1 Å². The van der Waals surface area contributed by atoms with Crippen LogP contribution in [-0.4, -0.2) is 13.7 Å². The van der Waals surface area contributed by atoms with Crippen molar-refractivity contribution in [1.29, 1.82) is 0 Å². The molecule has 84 valence electrons. The molecule has 0 fully saturated rings. The molecule has 0 aliphatic carbocycles. The number of aryl methyl sites for hydroxylation is 1. The van der Waals surface area contributed by atoms with Crippen molar-refractivity contribution in [2.75, 3.05) is 4.72 Å². The van der Waals surface area contributed by atoms with Crippen LogP contribution >= 0.6 is 0 Å². The van der Waals surface area contributed by atoms with E-state index in [2.05, 4.69) is 4.72 Å². The molecule has 1 N–H and O–H groups in total. The van der Waals surface area contributed by atoms with Crippen LogP contribution in [-0.2, 0) is 10.0 Å². The van der Waals surface area contributed by atoms with Crippen molar-refractivity contribution < 1.29 is 8.42 Å². The summed E-state index contributed by atoms with van der Waals surface area (Å²) >= 11 is 0. The van der Waals surface area contributed by atoms with Crippen LogP contribution in [0.4, 0.5) is 5.69 Å². The third-order valence-corrected chi connectivity index (χ3v) is 4.22. The molecule has 15 heavy (non-hydrogen) atoms. The second kappa shape index (κ2) is 4.23. The SMILES string of the molecule is Cc1cccc(NS(=O)(=O)C(C)C)c1C. The van der Waals surface area contributed by atoms with Gasteiger partial charge in [-0.3, -0.25) is 4.72 Å². The minimum absolute atomic E-state index is 0.419. The fourth-order valence-electron chi connectivity index (χ4n) is 1.13. The summed E-state index contributed by atoms with van der Waals surface area (Å²) in [6.07, 6.45) is 0. The van der Waals surface area contributed by atoms with Crippen molar-refractivity contribution in [2.24, 2.45) is 0 Å². The number of anilines is 1. The van der Waals surface area contributed by atoms with Crippen molar-refractivity contribution >= 4 is 15.7 Å². The third-order valence-electron chi connectivity index (χ3n) is 2.48. The van der Waals surface area contributed by atoms with Gasteiger partial charge in [0, 0.05) is 0 Å². The smallest absolute Gasteiger partial charge is 0.235 e. The van der Waals surface area contributed by atoms with Crippen LogP contribution < -0.4 is 4.72 Å². The van der Waals surface area contributed by atoms with E-state index >= 15 is 0 Å². The van der Waals surface area contributed by atoms with Crippen LogP contribution in [0.3, 0.4) is 0 Å². The Balaban J connectivity index is 3.06. The Bertz CT molecular complexity index is 450. The lowest BCUT2D eigenvalue weighted by molar-refractivity contribution is 0.592. The molecule has 0 saturated carbocycles. The normalized spacial score (nSPS) is 11.8. The summed E-state index contributed by atoms with van der Waals surface area (Å²) in [5.41, 5.74) is 2.73. The van der Waals surface area contributed by atoms with Gasteiger partial charge in [0.2, 0.25) is 10.0 Å². The summed E-state index contributed by atoms with van der Waals surface area (Å²) in [7, 11) is -3.24. The zero-order chi connectivity index (χ0) is 11.6. The molecule has 3 nitrogen and oxygen atoms in total. The minimum atomic E-state index is -3.24. The Labute approximate surface area is 91.6 Å². The molecule has 0 bridgehead atoms. The van der Waals surface area contributed by atoms with Crippen molar-refractivity contribution in [2.45, 2.75) is 32.9 Å². The maximum atomic E-state index is 11.7. The first-order chi connectivity index (χ1) is 6.84. The molecule has 1 aromatic rings. The zero-order valence-corrected chi connectivity index (χ0v) is 10.4. The molecule has 0 aromatic heterocycles. The van der Waals surface area contributed by atoms with Crippen LogP contribution in [0.2, 0.25) is 0 Å². The van der Waals surface area contributed by atoms with Crippen LogP contribution in [0.1, 0.15) is 25.0 Å². The average Bonchev–Trinajstić information content (AvgIpc) is 2.12. The van der Waals surface area contributed by atoms with Gasteiger partial charge in [0.05, 0.1) is 10.9 Å². The van der Waals surface area contributed by atoms with Gasteiger partial charge in [0.1, 0.15) is 0 Å². The summed E-state index contributed by atoms with van der Waals surface area (Å²) in [6, 6.07) is 5.59. The van der Waals surface area contributed by atoms with E-state index in [0.29, 0.717) is 5.69 Å². The first-order valence-electron chi connectivity index (χ1n) is 4.92. The Kier molecular flexibility index (Phi) is 3.39. The molecular weight excluding hydrogens is 210 g/mol. The number of sulfonamides is 1. The third kappa shape index (κ3) is 2.72. The van der Waals surface area contributed by atoms with E-state index < -0.39 is 15.3 Å². The Morgan fingerprint density at radius 2 is 1.80 bits per heavy atom. The van der Waals surface area contributed by atoms with Gasteiger partial charge in [0.15, 0.2) is 0 Å². The molecule has 0 amide bonds. The number of rotatable bonds is 3. The fourth-order valence-corrected chi connectivity index (χ4v) is 1.90. The molecule has 0 radical (unpaired) electrons. The van der Waals surface area contributed by atoms with E-state index in [-0.39, 0.29) is 0 Å². The van der Waals surface area contributed by atoms with E-state index in [4.69, 9.17) is 0 Å². The first kappa shape index (κ1) is 12.0. The molecule has 0 aliphatic heterocycles. The summed E-state index contributed by atoms with van der Waals surface area (Å²) in [5.74, 6) is 0. The number of nitrogens with one attached hydrogen (secondary N) is 1. The monoisotopic (exact) mass is 227 g/mol. The maximum absolute atomic E-state index is 11.7. The van der Waals surface area contributed by atoms with Crippen molar-refractivity contribution in [3.8, 4) is 0 Å². The van der Waals surface area contributed by atoms with Gasteiger partial charge in [-0.05, 0) is 44.9 Å². The molecule has 0 atom stereocenters. The van der Waals surface area contributed by atoms with E-state index in [1.165, 1.54) is 0 Å². The predicted molar refractivity (Wildman–Crippen MR) is 63.6 cm³/mol. The molecule has 0 heterocycles. The average molecular weight is 227 g/mol. The fraction of sp³-hybridized carbons (Fsp3) is 0.455. The Morgan fingerprint density at radius 3 is 2.33 bits per heavy atom. The summed E-state index contributed by atoms with van der Waals surface area (Å²) in [6.45, 7) is 7.19. The highest BCUT2D eigenvalue weighted by Crippen LogP contribution is 2.20. The second-order valence-electron chi connectivity index (χ2n) is 3.94. The molecule has 0 saturated heterocycles. The number of benzene rings is 1. The lowest BCUT2D eigenvalue weighted by Gasteiger charge is -2.13. The number of hydrogen-bond donors (Lipinski definition) is 1. The molecule has 0 spiro atoms. The highest BCUT2D eigenvalue weighted by atomic mass is 32.2. The predicted octanol–water partition coefficient (Wildman–Crippen LogP) is 2.45. The molecule has 0 aliphatic rings. The zero-order valence-electron chi connectivity index (χ0n) is 9.53. The molecule has 1 rings (SSSR count). The van der Waals surface area contributed by atoms with E-state index in [9.17, 15) is 8.42 Å². The van der Waals surface area contributed by atoms with Gasteiger partial charge in [-0.25, -0.2) is 8.42 Å². The van der Waals surface area contributed by atoms with E-state index in [1.807, 2.05) is 26.0 Å². The van der Waals surface area contributed by atoms with Crippen molar-refractivity contribution in [1.82, 2.24) is 0 Å². The molecule has 4 heteroatoms. The lowest BCUT2D eigenvalue weighted by atomic mass is 10.1. The Morgan fingerprint density at radius 1 is 1.20 bits per heavy atom. The van der Waals surface area contributed by atoms with Gasteiger partial charge in [0.25, 0.3) is 0 Å². The maximum Gasteiger partial charge on any atom is 0.235 e. The Hall–Kier alpha value is -1.03. The van der Waals surface area contributed by atoms with Crippen LogP contribution in [0.15, 0.2) is 18.2 Å². The lowest BCUT2D eigenvalue weighted by Crippen LogP contribution is -2.23. The largest absolute Gasteiger partial charge is 0.283 e. The van der Waals surface area contributed by atoms with Crippen molar-refractivity contribution in [3.63, 3.8) is 0 Å². The highest BCUT2D eigenvalue weighted by Gasteiger charge is 2.16. The highest BCUT2D eigenvalue weighted by molar-refractivity contribution is 7.93. The van der Waals surface area contributed by atoms with E-state index in [1.54, 1.807) is 19.9 Å². The summed E-state index contributed by atoms with van der Waals surface area (Å²) in [5, 5.41) is -0.419. The molecular formula is C11H17NO2S. The summed E-state index contributed by atoms with van der Waals surface area (Å²) in [4.78, 5) is 0. The van der Waals surface area contributed by atoms with Gasteiger partial charge < -0.3 is 0 Å².